The first-order chi connectivity index (χ1) is 8.23. The number of carbonyl (C=O) groups excluding carboxylic acids is 1. The van der Waals surface area contributed by atoms with E-state index in [4.69, 9.17) is 0 Å². The standard InChI is InChI=1S/C12H17N3OS/c1-15(11-14-13-8-17-11)10(16)9-7-12(9)5-3-2-4-6-12/h8-9H,2-7H2,1H3/t9-/m1/s1. The Labute approximate surface area is 105 Å². The molecule has 1 amide bonds. The highest BCUT2D eigenvalue weighted by atomic mass is 32.1. The second-order valence-corrected chi connectivity index (χ2v) is 6.11. The number of hydrogen-bond acceptors (Lipinski definition) is 4. The van der Waals surface area contributed by atoms with Crippen molar-refractivity contribution in [3.63, 3.8) is 0 Å². The van der Waals surface area contributed by atoms with Crippen LogP contribution in [0.4, 0.5) is 5.13 Å². The van der Waals surface area contributed by atoms with E-state index in [0.29, 0.717) is 10.5 Å². The molecule has 17 heavy (non-hydrogen) atoms. The molecule has 1 aromatic rings. The van der Waals surface area contributed by atoms with Crippen molar-refractivity contribution in [3.05, 3.63) is 5.51 Å². The van der Waals surface area contributed by atoms with E-state index in [2.05, 4.69) is 10.2 Å². The minimum Gasteiger partial charge on any atom is -0.290 e. The van der Waals surface area contributed by atoms with Crippen molar-refractivity contribution in [1.82, 2.24) is 10.2 Å². The van der Waals surface area contributed by atoms with E-state index in [0.717, 1.165) is 6.42 Å². The molecule has 0 N–H and O–H groups in total. The predicted molar refractivity (Wildman–Crippen MR) is 66.9 cm³/mol. The predicted octanol–water partition coefficient (Wildman–Crippen LogP) is 2.47. The first-order valence-corrected chi connectivity index (χ1v) is 7.15. The van der Waals surface area contributed by atoms with Crippen LogP contribution in [0.2, 0.25) is 0 Å². The quantitative estimate of drug-likeness (QED) is 0.811. The smallest absolute Gasteiger partial charge is 0.232 e. The fraction of sp³-hybridized carbons (Fsp3) is 0.750. The molecule has 2 aliphatic rings. The van der Waals surface area contributed by atoms with Gasteiger partial charge in [-0.25, -0.2) is 0 Å². The number of hydrogen-bond donors (Lipinski definition) is 0. The summed E-state index contributed by atoms with van der Waals surface area (Å²) < 4.78 is 0. The van der Waals surface area contributed by atoms with Crippen LogP contribution in [0.5, 0.6) is 0 Å². The normalized spacial score (nSPS) is 25.8. The molecule has 0 radical (unpaired) electrons. The van der Waals surface area contributed by atoms with Gasteiger partial charge in [-0.2, -0.15) is 0 Å². The zero-order valence-corrected chi connectivity index (χ0v) is 10.9. The molecular weight excluding hydrogens is 234 g/mol. The maximum absolute atomic E-state index is 12.3. The average Bonchev–Trinajstić information content (AvgIpc) is 2.83. The SMILES string of the molecule is CN(C(=O)[C@H]1CC12CCCCC2)c1nncs1. The molecule has 1 aromatic heterocycles. The van der Waals surface area contributed by atoms with Gasteiger partial charge in [-0.15, -0.1) is 10.2 Å². The molecule has 2 aliphatic carbocycles. The second kappa shape index (κ2) is 4.05. The summed E-state index contributed by atoms with van der Waals surface area (Å²) in [5.74, 6) is 0.486. The van der Waals surface area contributed by atoms with Crippen molar-refractivity contribution < 1.29 is 4.79 Å². The van der Waals surface area contributed by atoms with Gasteiger partial charge in [0.25, 0.3) is 0 Å². The first kappa shape index (κ1) is 11.1. The molecule has 5 heteroatoms. The molecule has 2 saturated carbocycles. The summed E-state index contributed by atoms with van der Waals surface area (Å²) in [6.07, 6.45) is 7.52. The highest BCUT2D eigenvalue weighted by Crippen LogP contribution is 2.61. The number of carbonyl (C=O) groups is 1. The van der Waals surface area contributed by atoms with Crippen LogP contribution < -0.4 is 4.90 Å². The Morgan fingerprint density at radius 3 is 2.88 bits per heavy atom. The van der Waals surface area contributed by atoms with Gasteiger partial charge >= 0.3 is 0 Å². The van der Waals surface area contributed by atoms with E-state index in [1.165, 1.54) is 43.4 Å². The monoisotopic (exact) mass is 251 g/mol. The van der Waals surface area contributed by atoms with Gasteiger partial charge in [0.2, 0.25) is 11.0 Å². The zero-order chi connectivity index (χ0) is 11.9. The summed E-state index contributed by atoms with van der Waals surface area (Å²) >= 11 is 1.42. The second-order valence-electron chi connectivity index (χ2n) is 5.30. The summed E-state index contributed by atoms with van der Waals surface area (Å²) in [6, 6.07) is 0. The minimum absolute atomic E-state index is 0.239. The van der Waals surface area contributed by atoms with Gasteiger partial charge < -0.3 is 0 Å². The van der Waals surface area contributed by atoms with E-state index in [9.17, 15) is 4.79 Å². The minimum atomic E-state index is 0.239. The highest BCUT2D eigenvalue weighted by molar-refractivity contribution is 7.13. The number of anilines is 1. The number of amides is 1. The summed E-state index contributed by atoms with van der Waals surface area (Å²) in [5.41, 5.74) is 2.02. The fourth-order valence-electron chi connectivity index (χ4n) is 3.15. The Hall–Kier alpha value is -0.970. The molecular formula is C12H17N3OS. The number of nitrogens with zero attached hydrogens (tertiary/aromatic N) is 3. The molecule has 1 atom stereocenters. The lowest BCUT2D eigenvalue weighted by atomic mass is 9.84. The van der Waals surface area contributed by atoms with E-state index in [1.807, 2.05) is 7.05 Å². The van der Waals surface area contributed by atoms with Crippen molar-refractivity contribution in [2.24, 2.45) is 11.3 Å². The van der Waals surface area contributed by atoms with Crippen molar-refractivity contribution in [2.75, 3.05) is 11.9 Å². The third-order valence-corrected chi connectivity index (χ3v) is 5.07. The number of rotatable bonds is 2. The van der Waals surface area contributed by atoms with Gasteiger partial charge in [0.15, 0.2) is 0 Å². The van der Waals surface area contributed by atoms with Gasteiger partial charge in [0, 0.05) is 13.0 Å². The van der Waals surface area contributed by atoms with Crippen LogP contribution >= 0.6 is 11.3 Å². The van der Waals surface area contributed by atoms with Gasteiger partial charge in [-0.1, -0.05) is 30.6 Å². The highest BCUT2D eigenvalue weighted by Gasteiger charge is 2.58. The van der Waals surface area contributed by atoms with Crippen LogP contribution in [-0.4, -0.2) is 23.2 Å². The average molecular weight is 251 g/mol. The zero-order valence-electron chi connectivity index (χ0n) is 10.1. The van der Waals surface area contributed by atoms with Crippen LogP contribution in [0, 0.1) is 11.3 Å². The Morgan fingerprint density at radius 2 is 2.24 bits per heavy atom. The van der Waals surface area contributed by atoms with Crippen LogP contribution in [0.15, 0.2) is 5.51 Å². The summed E-state index contributed by atoms with van der Waals surface area (Å²) in [7, 11) is 1.82. The van der Waals surface area contributed by atoms with Crippen molar-refractivity contribution in [3.8, 4) is 0 Å². The van der Waals surface area contributed by atoms with Crippen molar-refractivity contribution >= 4 is 22.4 Å². The molecule has 0 bridgehead atoms. The van der Waals surface area contributed by atoms with Crippen LogP contribution in [0.3, 0.4) is 0 Å². The Kier molecular flexibility index (Phi) is 2.65. The maximum atomic E-state index is 12.3. The molecule has 0 unspecified atom stereocenters. The number of aromatic nitrogens is 2. The lowest BCUT2D eigenvalue weighted by Gasteiger charge is -2.23. The molecule has 1 spiro atoms. The summed E-state index contributed by atoms with van der Waals surface area (Å²) in [4.78, 5) is 14.0. The molecule has 0 saturated heterocycles. The van der Waals surface area contributed by atoms with Gasteiger partial charge in [0.1, 0.15) is 5.51 Å². The third-order valence-electron chi connectivity index (χ3n) is 4.30. The van der Waals surface area contributed by atoms with Crippen LogP contribution in [-0.2, 0) is 4.79 Å². The van der Waals surface area contributed by atoms with Gasteiger partial charge in [-0.3, -0.25) is 9.69 Å². The summed E-state index contributed by atoms with van der Waals surface area (Å²) in [6.45, 7) is 0. The largest absolute Gasteiger partial charge is 0.290 e. The Morgan fingerprint density at radius 1 is 1.47 bits per heavy atom. The van der Waals surface area contributed by atoms with Gasteiger partial charge in [-0.05, 0) is 24.7 Å². The van der Waals surface area contributed by atoms with Crippen molar-refractivity contribution in [2.45, 2.75) is 38.5 Å². The Balaban J connectivity index is 1.68. The summed E-state index contributed by atoms with van der Waals surface area (Å²) in [5, 5.41) is 8.45. The van der Waals surface area contributed by atoms with E-state index >= 15 is 0 Å². The molecule has 3 rings (SSSR count). The van der Waals surface area contributed by atoms with Crippen LogP contribution in [0.25, 0.3) is 0 Å². The molecule has 4 nitrogen and oxygen atoms in total. The lowest BCUT2D eigenvalue weighted by molar-refractivity contribution is -0.120. The molecule has 92 valence electrons. The van der Waals surface area contributed by atoms with E-state index in [1.54, 1.807) is 10.4 Å². The lowest BCUT2D eigenvalue weighted by Crippen LogP contribution is -2.30. The van der Waals surface area contributed by atoms with E-state index in [-0.39, 0.29) is 11.8 Å². The topological polar surface area (TPSA) is 46.1 Å². The van der Waals surface area contributed by atoms with E-state index < -0.39 is 0 Å². The third kappa shape index (κ3) is 1.86. The van der Waals surface area contributed by atoms with Crippen molar-refractivity contribution in [1.29, 1.82) is 0 Å². The molecule has 0 aliphatic heterocycles. The molecule has 0 aromatic carbocycles. The molecule has 2 fully saturated rings. The molecule has 1 heterocycles. The fourth-order valence-corrected chi connectivity index (χ4v) is 3.68. The first-order valence-electron chi connectivity index (χ1n) is 6.27. The maximum Gasteiger partial charge on any atom is 0.232 e. The Bertz CT molecular complexity index is 411. The van der Waals surface area contributed by atoms with Gasteiger partial charge in [0.05, 0.1) is 0 Å². The van der Waals surface area contributed by atoms with Crippen LogP contribution in [0.1, 0.15) is 38.5 Å².